The topological polar surface area (TPSA) is 70.7 Å². The van der Waals surface area contributed by atoms with E-state index in [-0.39, 0.29) is 17.9 Å². The van der Waals surface area contributed by atoms with Gasteiger partial charge in [0, 0.05) is 19.1 Å². The standard InChI is InChI=1S/C27H40N4O3/c1-4-6-16-29(5-2)17-18-31-25(32)23-15-14-22(24-13-10-19-34-24)30(23)20-27(31,3)26(33)28-21-11-8-7-9-12-21/h10,13-15,19,21H,4-9,11-12,16-18,20H2,1-3H3,(H,28,33)/t27-/m1/s1. The van der Waals surface area contributed by atoms with Gasteiger partial charge in [0.05, 0.1) is 18.5 Å². The molecule has 34 heavy (non-hydrogen) atoms. The van der Waals surface area contributed by atoms with Gasteiger partial charge in [0.25, 0.3) is 5.91 Å². The van der Waals surface area contributed by atoms with Crippen LogP contribution in [0.4, 0.5) is 0 Å². The molecule has 0 bridgehead atoms. The van der Waals surface area contributed by atoms with Crippen LogP contribution in [0.1, 0.15) is 76.2 Å². The van der Waals surface area contributed by atoms with Crippen LogP contribution in [-0.2, 0) is 11.3 Å². The highest BCUT2D eigenvalue weighted by Crippen LogP contribution is 2.33. The van der Waals surface area contributed by atoms with Crippen molar-refractivity contribution in [2.75, 3.05) is 26.2 Å². The van der Waals surface area contributed by atoms with Crippen LogP contribution < -0.4 is 5.32 Å². The second-order valence-electron chi connectivity index (χ2n) is 9.99. The number of likely N-dealkylation sites (N-methyl/N-ethyl adjacent to an activating group) is 1. The molecule has 2 aliphatic rings. The summed E-state index contributed by atoms with van der Waals surface area (Å²) in [4.78, 5) is 31.8. The SMILES string of the molecule is CCCCN(CC)CCN1C(=O)c2ccc(-c3ccco3)n2C[C@]1(C)C(=O)NC1CCCCC1. The highest BCUT2D eigenvalue weighted by molar-refractivity contribution is 6.00. The Morgan fingerprint density at radius 3 is 2.59 bits per heavy atom. The van der Waals surface area contributed by atoms with E-state index in [1.54, 1.807) is 6.26 Å². The van der Waals surface area contributed by atoms with Crippen LogP contribution in [-0.4, -0.2) is 63.9 Å². The fourth-order valence-electron chi connectivity index (χ4n) is 5.40. The smallest absolute Gasteiger partial charge is 0.271 e. The van der Waals surface area contributed by atoms with Gasteiger partial charge in [-0.05, 0) is 63.5 Å². The molecule has 4 rings (SSSR count). The zero-order valence-corrected chi connectivity index (χ0v) is 21.0. The van der Waals surface area contributed by atoms with Crippen molar-refractivity contribution in [2.24, 2.45) is 0 Å². The van der Waals surface area contributed by atoms with E-state index in [2.05, 4.69) is 24.1 Å². The molecular formula is C27H40N4O3. The predicted molar refractivity (Wildman–Crippen MR) is 134 cm³/mol. The van der Waals surface area contributed by atoms with Crippen LogP contribution in [0, 0.1) is 0 Å². The van der Waals surface area contributed by atoms with Crippen LogP contribution in [0.2, 0.25) is 0 Å². The maximum Gasteiger partial charge on any atom is 0.271 e. The van der Waals surface area contributed by atoms with Crippen LogP contribution in [0.3, 0.4) is 0 Å². The number of nitrogens with one attached hydrogen (secondary N) is 1. The summed E-state index contributed by atoms with van der Waals surface area (Å²) < 4.78 is 7.60. The summed E-state index contributed by atoms with van der Waals surface area (Å²) in [5.74, 6) is 0.574. The third kappa shape index (κ3) is 4.95. The van der Waals surface area contributed by atoms with Crippen LogP contribution in [0.15, 0.2) is 34.9 Å². The third-order valence-electron chi connectivity index (χ3n) is 7.62. The lowest BCUT2D eigenvalue weighted by molar-refractivity contribution is -0.134. The molecule has 7 nitrogen and oxygen atoms in total. The summed E-state index contributed by atoms with van der Waals surface area (Å²) in [5, 5.41) is 3.31. The van der Waals surface area contributed by atoms with Gasteiger partial charge in [0.1, 0.15) is 17.0 Å². The number of carbonyl (C=O) groups excluding carboxylic acids is 2. The molecule has 1 aliphatic carbocycles. The molecule has 2 amide bonds. The van der Waals surface area contributed by atoms with E-state index in [1.165, 1.54) is 6.42 Å². The monoisotopic (exact) mass is 468 g/mol. The summed E-state index contributed by atoms with van der Waals surface area (Å²) in [5.41, 5.74) is 0.486. The summed E-state index contributed by atoms with van der Waals surface area (Å²) in [7, 11) is 0. The predicted octanol–water partition coefficient (Wildman–Crippen LogP) is 4.53. The number of hydrogen-bond acceptors (Lipinski definition) is 4. The van der Waals surface area contributed by atoms with E-state index >= 15 is 0 Å². The van der Waals surface area contributed by atoms with Crippen LogP contribution in [0.5, 0.6) is 0 Å². The van der Waals surface area contributed by atoms with Gasteiger partial charge in [-0.25, -0.2) is 0 Å². The van der Waals surface area contributed by atoms with E-state index in [9.17, 15) is 9.59 Å². The van der Waals surface area contributed by atoms with Crippen molar-refractivity contribution in [3.63, 3.8) is 0 Å². The molecule has 3 heterocycles. The van der Waals surface area contributed by atoms with Crippen molar-refractivity contribution in [2.45, 2.75) is 83.8 Å². The second kappa shape index (κ2) is 10.8. The Morgan fingerprint density at radius 2 is 1.91 bits per heavy atom. The molecule has 7 heteroatoms. The number of furan rings is 1. The maximum absolute atomic E-state index is 13.8. The molecule has 2 aromatic rings. The minimum Gasteiger partial charge on any atom is -0.463 e. The second-order valence-corrected chi connectivity index (χ2v) is 9.99. The number of unbranched alkanes of at least 4 members (excludes halogenated alkanes) is 1. The van der Waals surface area contributed by atoms with Crippen molar-refractivity contribution < 1.29 is 14.0 Å². The lowest BCUT2D eigenvalue weighted by Gasteiger charge is -2.45. The Kier molecular flexibility index (Phi) is 7.81. The summed E-state index contributed by atoms with van der Waals surface area (Å²) in [6, 6.07) is 7.72. The van der Waals surface area contributed by atoms with Gasteiger partial charge >= 0.3 is 0 Å². The Hall–Kier alpha value is -2.54. The van der Waals surface area contributed by atoms with E-state index in [0.717, 1.165) is 63.9 Å². The molecule has 1 aliphatic heterocycles. The van der Waals surface area contributed by atoms with E-state index in [1.807, 2.05) is 40.7 Å². The summed E-state index contributed by atoms with van der Waals surface area (Å²) >= 11 is 0. The number of carbonyl (C=O) groups is 2. The van der Waals surface area contributed by atoms with Crippen LogP contribution >= 0.6 is 0 Å². The van der Waals surface area contributed by atoms with Crippen molar-refractivity contribution in [1.82, 2.24) is 19.7 Å². The van der Waals surface area contributed by atoms with Gasteiger partial charge in [-0.3, -0.25) is 9.59 Å². The normalized spacial score (nSPS) is 21.2. The molecule has 1 atom stereocenters. The van der Waals surface area contributed by atoms with Crippen molar-refractivity contribution in [3.8, 4) is 11.5 Å². The lowest BCUT2D eigenvalue weighted by atomic mass is 9.91. The molecule has 0 aromatic carbocycles. The number of hydrogen-bond donors (Lipinski definition) is 1. The summed E-state index contributed by atoms with van der Waals surface area (Å²) in [6.07, 6.45) is 9.48. The largest absolute Gasteiger partial charge is 0.463 e. The minimum absolute atomic E-state index is 0.0471. The first-order valence-electron chi connectivity index (χ1n) is 13.1. The highest BCUT2D eigenvalue weighted by Gasteiger charge is 2.48. The van der Waals surface area contributed by atoms with Gasteiger partial charge in [-0.15, -0.1) is 0 Å². The first-order chi connectivity index (χ1) is 16.5. The zero-order valence-electron chi connectivity index (χ0n) is 21.0. The number of aromatic nitrogens is 1. The number of rotatable bonds is 10. The van der Waals surface area contributed by atoms with Gasteiger partial charge < -0.3 is 24.1 Å². The molecule has 0 saturated heterocycles. The molecule has 2 aromatic heterocycles. The fraction of sp³-hybridized carbons (Fsp3) is 0.630. The Labute approximate surface area is 203 Å². The quantitative estimate of drug-likeness (QED) is 0.556. The third-order valence-corrected chi connectivity index (χ3v) is 7.62. The zero-order chi connectivity index (χ0) is 24.1. The van der Waals surface area contributed by atoms with Crippen LogP contribution in [0.25, 0.3) is 11.5 Å². The van der Waals surface area contributed by atoms with Crippen molar-refractivity contribution in [1.29, 1.82) is 0 Å². The number of amides is 2. The van der Waals surface area contributed by atoms with E-state index in [4.69, 9.17) is 4.42 Å². The van der Waals surface area contributed by atoms with Gasteiger partial charge in [0.2, 0.25) is 5.91 Å². The number of nitrogens with zero attached hydrogens (tertiary/aromatic N) is 3. The molecule has 1 fully saturated rings. The molecule has 0 radical (unpaired) electrons. The number of fused-ring (bicyclic) bond motifs is 1. The summed E-state index contributed by atoms with van der Waals surface area (Å²) in [6.45, 7) is 9.94. The maximum atomic E-state index is 13.8. The fourth-order valence-corrected chi connectivity index (χ4v) is 5.40. The van der Waals surface area contributed by atoms with Gasteiger partial charge in [0.15, 0.2) is 0 Å². The van der Waals surface area contributed by atoms with Gasteiger partial charge in [-0.2, -0.15) is 0 Å². The van der Waals surface area contributed by atoms with Gasteiger partial charge in [-0.1, -0.05) is 39.5 Å². The van der Waals surface area contributed by atoms with E-state index < -0.39 is 5.54 Å². The first-order valence-corrected chi connectivity index (χ1v) is 13.1. The average Bonchev–Trinajstić information content (AvgIpc) is 3.51. The van der Waals surface area contributed by atoms with Crippen molar-refractivity contribution in [3.05, 3.63) is 36.2 Å². The Morgan fingerprint density at radius 1 is 1.15 bits per heavy atom. The molecule has 0 unspecified atom stereocenters. The van der Waals surface area contributed by atoms with Crippen molar-refractivity contribution >= 4 is 11.8 Å². The lowest BCUT2D eigenvalue weighted by Crippen LogP contribution is -2.65. The first kappa shape index (κ1) is 24.6. The molecule has 186 valence electrons. The molecule has 0 spiro atoms. The molecule has 1 N–H and O–H groups in total. The molecular weight excluding hydrogens is 428 g/mol. The van der Waals surface area contributed by atoms with E-state index in [0.29, 0.717) is 24.5 Å². The average molecular weight is 469 g/mol. The minimum atomic E-state index is -0.966. The molecule has 1 saturated carbocycles. The Bertz CT molecular complexity index is 961. The Balaban J connectivity index is 1.62. The highest BCUT2D eigenvalue weighted by atomic mass is 16.3.